The molecule has 5 heteroatoms. The summed E-state index contributed by atoms with van der Waals surface area (Å²) in [5, 5.41) is 3.10. The van der Waals surface area contributed by atoms with Gasteiger partial charge in [-0.15, -0.1) is 0 Å². The molecule has 0 atom stereocenters. The third kappa shape index (κ3) is 3.86. The van der Waals surface area contributed by atoms with E-state index in [2.05, 4.69) is 12.2 Å². The predicted molar refractivity (Wildman–Crippen MR) is 83.6 cm³/mol. The van der Waals surface area contributed by atoms with Crippen LogP contribution in [0.2, 0.25) is 0 Å². The fourth-order valence-corrected chi connectivity index (χ4v) is 3.04. The Bertz CT molecular complexity index is 510. The summed E-state index contributed by atoms with van der Waals surface area (Å²) in [7, 11) is 0. The fraction of sp³-hybridized carbons (Fsp3) is 0.562. The minimum atomic E-state index is -0.640. The molecule has 0 radical (unpaired) electrons. The third-order valence-electron chi connectivity index (χ3n) is 4.53. The number of rotatable bonds is 5. The van der Waals surface area contributed by atoms with Crippen LogP contribution in [0, 0.1) is 17.7 Å². The van der Waals surface area contributed by atoms with Crippen molar-refractivity contribution >= 4 is 17.3 Å². The van der Waals surface area contributed by atoms with Crippen LogP contribution in [0.15, 0.2) is 12.1 Å². The van der Waals surface area contributed by atoms with Crippen molar-refractivity contribution in [3.8, 4) is 0 Å². The number of amides is 1. The molecule has 116 valence electrons. The van der Waals surface area contributed by atoms with Crippen molar-refractivity contribution in [2.45, 2.75) is 39.0 Å². The van der Waals surface area contributed by atoms with Crippen LogP contribution in [-0.4, -0.2) is 12.5 Å². The molecule has 1 aliphatic carbocycles. The SMILES string of the molecule is CCC1CCC(CNc2cc(C(N)=O)c(N)cc2F)CC1. The highest BCUT2D eigenvalue weighted by Gasteiger charge is 2.20. The second-order valence-corrected chi connectivity index (χ2v) is 5.96. The highest BCUT2D eigenvalue weighted by molar-refractivity contribution is 5.99. The van der Waals surface area contributed by atoms with Crippen LogP contribution in [0.4, 0.5) is 15.8 Å². The number of carbonyl (C=O) groups is 1. The number of anilines is 2. The van der Waals surface area contributed by atoms with Crippen LogP contribution < -0.4 is 16.8 Å². The second kappa shape index (κ2) is 6.78. The van der Waals surface area contributed by atoms with Gasteiger partial charge in [-0.1, -0.05) is 26.2 Å². The van der Waals surface area contributed by atoms with Crippen molar-refractivity contribution in [1.82, 2.24) is 0 Å². The molecular formula is C16H24FN3O. The number of hydrogen-bond acceptors (Lipinski definition) is 3. The Kier molecular flexibility index (Phi) is 5.04. The lowest BCUT2D eigenvalue weighted by molar-refractivity contribution is 0.100. The second-order valence-electron chi connectivity index (χ2n) is 5.96. The quantitative estimate of drug-likeness (QED) is 0.729. The average Bonchev–Trinajstić information content (AvgIpc) is 2.46. The van der Waals surface area contributed by atoms with Crippen molar-refractivity contribution in [2.24, 2.45) is 17.6 Å². The fourth-order valence-electron chi connectivity index (χ4n) is 3.04. The molecule has 1 aromatic rings. The van der Waals surface area contributed by atoms with E-state index in [-0.39, 0.29) is 11.3 Å². The first-order chi connectivity index (χ1) is 10.0. The van der Waals surface area contributed by atoms with Gasteiger partial charge in [0.05, 0.1) is 11.3 Å². The summed E-state index contributed by atoms with van der Waals surface area (Å²) in [5.74, 6) is 0.316. The average molecular weight is 293 g/mol. The molecule has 5 N–H and O–H groups in total. The lowest BCUT2D eigenvalue weighted by Crippen LogP contribution is -2.22. The summed E-state index contributed by atoms with van der Waals surface area (Å²) < 4.78 is 13.9. The first kappa shape index (κ1) is 15.6. The Morgan fingerprint density at radius 1 is 1.29 bits per heavy atom. The maximum Gasteiger partial charge on any atom is 0.250 e. The van der Waals surface area contributed by atoms with Gasteiger partial charge in [0, 0.05) is 12.2 Å². The standard InChI is InChI=1S/C16H24FN3O/c1-2-10-3-5-11(6-4-10)9-20-15-7-12(16(19)21)14(18)8-13(15)17/h7-8,10-11,20H,2-6,9,18H2,1H3,(H2,19,21). The van der Waals surface area contributed by atoms with E-state index in [9.17, 15) is 9.18 Å². The molecule has 21 heavy (non-hydrogen) atoms. The van der Waals surface area contributed by atoms with Gasteiger partial charge in [-0.3, -0.25) is 4.79 Å². The van der Waals surface area contributed by atoms with E-state index in [0.29, 0.717) is 11.6 Å². The number of carbonyl (C=O) groups excluding carboxylic acids is 1. The molecule has 0 aliphatic heterocycles. The van der Waals surface area contributed by atoms with E-state index in [1.165, 1.54) is 38.2 Å². The zero-order valence-corrected chi connectivity index (χ0v) is 12.5. The minimum absolute atomic E-state index is 0.0778. The molecule has 0 saturated heterocycles. The minimum Gasteiger partial charge on any atom is -0.398 e. The third-order valence-corrected chi connectivity index (χ3v) is 4.53. The molecule has 2 rings (SSSR count). The maximum absolute atomic E-state index is 13.9. The van der Waals surface area contributed by atoms with E-state index in [4.69, 9.17) is 11.5 Å². The number of primary amides is 1. The lowest BCUT2D eigenvalue weighted by Gasteiger charge is -2.28. The van der Waals surface area contributed by atoms with Crippen LogP contribution >= 0.6 is 0 Å². The van der Waals surface area contributed by atoms with Gasteiger partial charge in [-0.25, -0.2) is 4.39 Å². The van der Waals surface area contributed by atoms with Crippen LogP contribution in [0.3, 0.4) is 0 Å². The smallest absolute Gasteiger partial charge is 0.250 e. The Balaban J connectivity index is 1.97. The lowest BCUT2D eigenvalue weighted by atomic mass is 9.81. The first-order valence-electron chi connectivity index (χ1n) is 7.64. The topological polar surface area (TPSA) is 81.1 Å². The monoisotopic (exact) mass is 293 g/mol. The Hall–Kier alpha value is -1.78. The van der Waals surface area contributed by atoms with Gasteiger partial charge >= 0.3 is 0 Å². The van der Waals surface area contributed by atoms with E-state index in [1.807, 2.05) is 0 Å². The number of hydrogen-bond donors (Lipinski definition) is 3. The molecule has 1 saturated carbocycles. The van der Waals surface area contributed by atoms with E-state index < -0.39 is 11.7 Å². The molecule has 0 spiro atoms. The Morgan fingerprint density at radius 3 is 2.48 bits per heavy atom. The van der Waals surface area contributed by atoms with Crippen molar-refractivity contribution in [2.75, 3.05) is 17.6 Å². The van der Waals surface area contributed by atoms with E-state index in [0.717, 1.165) is 18.5 Å². The number of benzene rings is 1. The van der Waals surface area contributed by atoms with Crippen LogP contribution in [0.1, 0.15) is 49.4 Å². The summed E-state index contributed by atoms with van der Waals surface area (Å²) >= 11 is 0. The first-order valence-corrected chi connectivity index (χ1v) is 7.64. The van der Waals surface area contributed by atoms with E-state index in [1.54, 1.807) is 0 Å². The highest BCUT2D eigenvalue weighted by atomic mass is 19.1. The molecule has 1 aliphatic rings. The van der Waals surface area contributed by atoms with Crippen LogP contribution in [-0.2, 0) is 0 Å². The van der Waals surface area contributed by atoms with Gasteiger partial charge in [0.25, 0.3) is 5.91 Å². The van der Waals surface area contributed by atoms with Gasteiger partial charge in [0.15, 0.2) is 0 Å². The van der Waals surface area contributed by atoms with Gasteiger partial charge < -0.3 is 16.8 Å². The van der Waals surface area contributed by atoms with Gasteiger partial charge in [-0.05, 0) is 36.8 Å². The maximum atomic E-state index is 13.9. The molecule has 0 bridgehead atoms. The summed E-state index contributed by atoms with van der Waals surface area (Å²) in [6.45, 7) is 2.95. The summed E-state index contributed by atoms with van der Waals surface area (Å²) in [5.41, 5.74) is 11.4. The molecular weight excluding hydrogens is 269 g/mol. The molecule has 1 aromatic carbocycles. The summed E-state index contributed by atoms with van der Waals surface area (Å²) in [6, 6.07) is 2.56. The van der Waals surface area contributed by atoms with Gasteiger partial charge in [0.2, 0.25) is 0 Å². The zero-order chi connectivity index (χ0) is 15.4. The van der Waals surface area contributed by atoms with Crippen molar-refractivity contribution in [1.29, 1.82) is 0 Å². The molecule has 4 nitrogen and oxygen atoms in total. The predicted octanol–water partition coefficient (Wildman–Crippen LogP) is 3.14. The number of halogens is 1. The van der Waals surface area contributed by atoms with E-state index >= 15 is 0 Å². The summed E-state index contributed by atoms with van der Waals surface area (Å²) in [6.07, 6.45) is 6.09. The molecule has 1 fully saturated rings. The largest absolute Gasteiger partial charge is 0.398 e. The molecule has 0 heterocycles. The van der Waals surface area contributed by atoms with Crippen molar-refractivity contribution in [3.63, 3.8) is 0 Å². The molecule has 1 amide bonds. The van der Waals surface area contributed by atoms with Crippen LogP contribution in [0.5, 0.6) is 0 Å². The van der Waals surface area contributed by atoms with Crippen molar-refractivity contribution < 1.29 is 9.18 Å². The zero-order valence-electron chi connectivity index (χ0n) is 12.5. The number of nitrogens with two attached hydrogens (primary N) is 2. The highest BCUT2D eigenvalue weighted by Crippen LogP contribution is 2.31. The molecule has 0 aromatic heterocycles. The van der Waals surface area contributed by atoms with Gasteiger partial charge in [-0.2, -0.15) is 0 Å². The van der Waals surface area contributed by atoms with Gasteiger partial charge in [0.1, 0.15) is 5.82 Å². The Labute approximate surface area is 125 Å². The molecule has 0 unspecified atom stereocenters. The summed E-state index contributed by atoms with van der Waals surface area (Å²) in [4.78, 5) is 11.3. The van der Waals surface area contributed by atoms with Crippen molar-refractivity contribution in [3.05, 3.63) is 23.5 Å². The number of nitrogen functional groups attached to an aromatic ring is 1. The van der Waals surface area contributed by atoms with Crippen LogP contribution in [0.25, 0.3) is 0 Å². The Morgan fingerprint density at radius 2 is 1.90 bits per heavy atom. The number of nitrogens with one attached hydrogen (secondary N) is 1. The normalized spacial score (nSPS) is 22.0.